The van der Waals surface area contributed by atoms with Crippen molar-refractivity contribution in [1.29, 1.82) is 0 Å². The highest BCUT2D eigenvalue weighted by Crippen LogP contribution is 2.37. The topological polar surface area (TPSA) is 38.7 Å². The number of hydrogen-bond donors (Lipinski definition) is 0. The Balaban J connectivity index is 1.51. The van der Waals surface area contributed by atoms with Crippen LogP contribution < -0.4 is 0 Å². The third-order valence-electron chi connectivity index (χ3n) is 5.85. The maximum atomic E-state index is 4.78. The number of benzene rings is 3. The molecule has 0 atom stereocenters. The standard InChI is InChI=1S/C29H19N3/c1-2-17-30-27(10-1)21-13-11-20(12-14-21)23-15-16-26(29-24(23)9-5-19-32-29)25-8-3-6-22-7-4-18-31-28(22)25/h1-19H. The third kappa shape index (κ3) is 3.12. The number of pyridine rings is 3. The average Bonchev–Trinajstić information content (AvgIpc) is 2.88. The lowest BCUT2D eigenvalue weighted by Gasteiger charge is -2.13. The Morgan fingerprint density at radius 2 is 1.09 bits per heavy atom. The molecular formula is C29H19N3. The molecule has 0 aliphatic carbocycles. The van der Waals surface area contributed by atoms with E-state index in [4.69, 9.17) is 4.98 Å². The summed E-state index contributed by atoms with van der Waals surface area (Å²) in [5, 5.41) is 2.26. The molecule has 0 unspecified atom stereocenters. The van der Waals surface area contributed by atoms with Crippen molar-refractivity contribution < 1.29 is 0 Å². The van der Waals surface area contributed by atoms with Crippen LogP contribution in [0.25, 0.3) is 55.3 Å². The summed E-state index contributed by atoms with van der Waals surface area (Å²) in [6, 6.07) is 33.4. The molecule has 0 aliphatic heterocycles. The van der Waals surface area contributed by atoms with E-state index in [0.717, 1.165) is 55.3 Å². The van der Waals surface area contributed by atoms with Crippen LogP contribution >= 0.6 is 0 Å². The van der Waals surface area contributed by atoms with E-state index in [0.29, 0.717) is 0 Å². The number of rotatable bonds is 3. The van der Waals surface area contributed by atoms with Crippen molar-refractivity contribution in [2.45, 2.75) is 0 Å². The number of aromatic nitrogens is 3. The van der Waals surface area contributed by atoms with Gasteiger partial charge in [0.05, 0.1) is 16.7 Å². The van der Waals surface area contributed by atoms with E-state index in [1.54, 1.807) is 0 Å². The molecule has 0 bridgehead atoms. The van der Waals surface area contributed by atoms with Crippen molar-refractivity contribution in [3.8, 4) is 33.5 Å². The zero-order valence-corrected chi connectivity index (χ0v) is 17.3. The summed E-state index contributed by atoms with van der Waals surface area (Å²) < 4.78 is 0. The molecule has 3 nitrogen and oxygen atoms in total. The van der Waals surface area contributed by atoms with Gasteiger partial charge in [-0.1, -0.05) is 72.8 Å². The van der Waals surface area contributed by atoms with Crippen LogP contribution in [-0.2, 0) is 0 Å². The maximum Gasteiger partial charge on any atom is 0.0787 e. The molecule has 0 aliphatic rings. The van der Waals surface area contributed by atoms with E-state index in [9.17, 15) is 0 Å². The number of fused-ring (bicyclic) bond motifs is 2. The molecular weight excluding hydrogens is 390 g/mol. The first-order chi connectivity index (χ1) is 15.9. The smallest absolute Gasteiger partial charge is 0.0787 e. The molecule has 0 N–H and O–H groups in total. The molecule has 0 saturated heterocycles. The van der Waals surface area contributed by atoms with Crippen LogP contribution in [0.1, 0.15) is 0 Å². The lowest BCUT2D eigenvalue weighted by atomic mass is 9.93. The molecule has 3 heteroatoms. The van der Waals surface area contributed by atoms with Crippen LogP contribution in [0.5, 0.6) is 0 Å². The second kappa shape index (κ2) is 7.71. The molecule has 3 heterocycles. The molecule has 32 heavy (non-hydrogen) atoms. The predicted octanol–water partition coefficient (Wildman–Crippen LogP) is 7.18. The van der Waals surface area contributed by atoms with Gasteiger partial charge in [0.25, 0.3) is 0 Å². The molecule has 3 aromatic heterocycles. The van der Waals surface area contributed by atoms with Gasteiger partial charge in [-0.2, -0.15) is 0 Å². The molecule has 6 aromatic rings. The Morgan fingerprint density at radius 3 is 1.94 bits per heavy atom. The highest BCUT2D eigenvalue weighted by Gasteiger charge is 2.13. The van der Waals surface area contributed by atoms with Gasteiger partial charge in [0.2, 0.25) is 0 Å². The first kappa shape index (κ1) is 18.4. The molecule has 0 saturated carbocycles. The van der Waals surface area contributed by atoms with Crippen molar-refractivity contribution in [3.05, 3.63) is 116 Å². The Hall–Kier alpha value is -4.37. The molecule has 3 aromatic carbocycles. The quantitative estimate of drug-likeness (QED) is 0.311. The fraction of sp³-hybridized carbons (Fsp3) is 0. The van der Waals surface area contributed by atoms with Crippen LogP contribution in [-0.4, -0.2) is 15.0 Å². The first-order valence-electron chi connectivity index (χ1n) is 10.6. The Bertz CT molecular complexity index is 1550. The summed E-state index contributed by atoms with van der Waals surface area (Å²) >= 11 is 0. The van der Waals surface area contributed by atoms with Gasteiger partial charge in [-0.25, -0.2) is 0 Å². The highest BCUT2D eigenvalue weighted by atomic mass is 14.7. The van der Waals surface area contributed by atoms with E-state index >= 15 is 0 Å². The minimum Gasteiger partial charge on any atom is -0.256 e. The Kier molecular flexibility index (Phi) is 4.43. The van der Waals surface area contributed by atoms with E-state index in [1.807, 2.05) is 48.9 Å². The lowest BCUT2D eigenvalue weighted by molar-refractivity contribution is 1.33. The zero-order valence-electron chi connectivity index (χ0n) is 17.3. The summed E-state index contributed by atoms with van der Waals surface area (Å²) in [4.78, 5) is 13.9. The van der Waals surface area contributed by atoms with Gasteiger partial charge in [-0.3, -0.25) is 15.0 Å². The minimum absolute atomic E-state index is 0.976. The normalized spacial score (nSPS) is 11.1. The van der Waals surface area contributed by atoms with Crippen molar-refractivity contribution >= 4 is 21.8 Å². The summed E-state index contributed by atoms with van der Waals surface area (Å²) in [6.07, 6.45) is 5.53. The summed E-state index contributed by atoms with van der Waals surface area (Å²) in [5.74, 6) is 0. The Morgan fingerprint density at radius 1 is 0.406 bits per heavy atom. The van der Waals surface area contributed by atoms with Crippen molar-refractivity contribution in [3.63, 3.8) is 0 Å². The van der Waals surface area contributed by atoms with Crippen LogP contribution in [0.15, 0.2) is 116 Å². The van der Waals surface area contributed by atoms with E-state index < -0.39 is 0 Å². The second-order valence-electron chi connectivity index (χ2n) is 7.73. The van der Waals surface area contributed by atoms with Crippen molar-refractivity contribution in [2.75, 3.05) is 0 Å². The van der Waals surface area contributed by atoms with E-state index in [2.05, 4.69) is 76.7 Å². The van der Waals surface area contributed by atoms with Crippen molar-refractivity contribution in [1.82, 2.24) is 15.0 Å². The zero-order chi connectivity index (χ0) is 21.3. The molecule has 6 rings (SSSR count). The third-order valence-corrected chi connectivity index (χ3v) is 5.85. The molecule has 0 radical (unpaired) electrons. The van der Waals surface area contributed by atoms with Gasteiger partial charge in [0, 0.05) is 46.1 Å². The van der Waals surface area contributed by atoms with E-state index in [-0.39, 0.29) is 0 Å². The van der Waals surface area contributed by atoms with Crippen LogP contribution in [0.4, 0.5) is 0 Å². The van der Waals surface area contributed by atoms with Gasteiger partial charge in [-0.15, -0.1) is 0 Å². The lowest BCUT2D eigenvalue weighted by Crippen LogP contribution is -1.91. The number of hydrogen-bond acceptors (Lipinski definition) is 3. The molecule has 0 fully saturated rings. The fourth-order valence-corrected chi connectivity index (χ4v) is 4.32. The van der Waals surface area contributed by atoms with Gasteiger partial charge >= 0.3 is 0 Å². The second-order valence-corrected chi connectivity index (χ2v) is 7.73. The summed E-state index contributed by atoms with van der Waals surface area (Å²) in [6.45, 7) is 0. The van der Waals surface area contributed by atoms with Crippen LogP contribution in [0.2, 0.25) is 0 Å². The van der Waals surface area contributed by atoms with Crippen LogP contribution in [0.3, 0.4) is 0 Å². The average molecular weight is 409 g/mol. The van der Waals surface area contributed by atoms with Crippen LogP contribution in [0, 0.1) is 0 Å². The monoisotopic (exact) mass is 409 g/mol. The van der Waals surface area contributed by atoms with Gasteiger partial charge in [0.1, 0.15) is 0 Å². The fourth-order valence-electron chi connectivity index (χ4n) is 4.32. The minimum atomic E-state index is 0.976. The highest BCUT2D eigenvalue weighted by molar-refractivity contribution is 6.06. The summed E-state index contributed by atoms with van der Waals surface area (Å²) in [7, 11) is 0. The van der Waals surface area contributed by atoms with Gasteiger partial charge in [0.15, 0.2) is 0 Å². The number of para-hydroxylation sites is 1. The van der Waals surface area contributed by atoms with Gasteiger partial charge < -0.3 is 0 Å². The SMILES string of the molecule is c1ccc(-c2ccc(-c3ccc(-c4cccc5cccnc45)c4ncccc34)cc2)nc1. The first-order valence-corrected chi connectivity index (χ1v) is 10.6. The number of nitrogens with zero attached hydrogens (tertiary/aromatic N) is 3. The summed E-state index contributed by atoms with van der Waals surface area (Å²) in [5.41, 5.74) is 8.58. The molecule has 150 valence electrons. The molecule has 0 amide bonds. The predicted molar refractivity (Wildman–Crippen MR) is 131 cm³/mol. The van der Waals surface area contributed by atoms with E-state index in [1.165, 1.54) is 0 Å². The van der Waals surface area contributed by atoms with Gasteiger partial charge in [-0.05, 0) is 35.4 Å². The molecule has 0 spiro atoms. The maximum absolute atomic E-state index is 4.78. The largest absolute Gasteiger partial charge is 0.256 e. The van der Waals surface area contributed by atoms with Crippen molar-refractivity contribution in [2.24, 2.45) is 0 Å². The Labute approximate surface area is 186 Å².